The zero-order valence-corrected chi connectivity index (χ0v) is 13.1. The van der Waals surface area contributed by atoms with Crippen molar-refractivity contribution in [2.75, 3.05) is 0 Å². The predicted octanol–water partition coefficient (Wildman–Crippen LogP) is 5.24. The number of halogens is 2. The van der Waals surface area contributed by atoms with Gasteiger partial charge in [-0.05, 0) is 54.4 Å². The van der Waals surface area contributed by atoms with Crippen molar-refractivity contribution in [3.05, 3.63) is 68.8 Å². The number of aliphatic hydroxyl groups excluding tert-OH is 1. The summed E-state index contributed by atoms with van der Waals surface area (Å²) in [4.78, 5) is 0. The van der Waals surface area contributed by atoms with Crippen LogP contribution in [0.1, 0.15) is 23.0 Å². The van der Waals surface area contributed by atoms with E-state index in [1.807, 2.05) is 43.3 Å². The average molecular weight is 352 g/mol. The highest BCUT2D eigenvalue weighted by atomic mass is 79.9. The number of benzene rings is 2. The molecule has 1 aromatic heterocycles. The van der Waals surface area contributed by atoms with E-state index in [2.05, 4.69) is 15.9 Å². The molecule has 4 heteroatoms. The first-order valence-electron chi connectivity index (χ1n) is 6.18. The first-order chi connectivity index (χ1) is 9.54. The van der Waals surface area contributed by atoms with E-state index in [4.69, 9.17) is 16.0 Å². The van der Waals surface area contributed by atoms with Crippen LogP contribution in [0, 0.1) is 6.92 Å². The van der Waals surface area contributed by atoms with Crippen LogP contribution in [0.5, 0.6) is 0 Å². The van der Waals surface area contributed by atoms with Crippen LogP contribution in [0.3, 0.4) is 0 Å². The summed E-state index contributed by atoms with van der Waals surface area (Å²) in [5.41, 5.74) is 2.56. The number of hydrogen-bond donors (Lipinski definition) is 1. The lowest BCUT2D eigenvalue weighted by molar-refractivity contribution is 0.191. The van der Waals surface area contributed by atoms with Crippen LogP contribution >= 0.6 is 27.5 Å². The number of rotatable bonds is 2. The summed E-state index contributed by atoms with van der Waals surface area (Å²) in [5, 5.41) is 12.0. The first-order valence-corrected chi connectivity index (χ1v) is 7.35. The summed E-state index contributed by atoms with van der Waals surface area (Å²) in [6.45, 7) is 1.96. The summed E-state index contributed by atoms with van der Waals surface area (Å²) in [5.74, 6) is 0.521. The van der Waals surface area contributed by atoms with E-state index < -0.39 is 6.10 Å². The molecule has 1 atom stereocenters. The van der Waals surface area contributed by atoms with Crippen molar-refractivity contribution in [2.45, 2.75) is 13.0 Å². The minimum absolute atomic E-state index is 0.521. The first kappa shape index (κ1) is 13.7. The molecule has 1 N–H and O–H groups in total. The molecule has 0 saturated carbocycles. The van der Waals surface area contributed by atoms with Crippen molar-refractivity contribution >= 4 is 38.5 Å². The summed E-state index contributed by atoms with van der Waals surface area (Å²) in [7, 11) is 0. The molecule has 0 bridgehead atoms. The van der Waals surface area contributed by atoms with Gasteiger partial charge < -0.3 is 9.52 Å². The lowest BCUT2D eigenvalue weighted by Crippen LogP contribution is -2.00. The van der Waals surface area contributed by atoms with E-state index in [9.17, 15) is 5.11 Å². The van der Waals surface area contributed by atoms with Crippen molar-refractivity contribution < 1.29 is 9.52 Å². The van der Waals surface area contributed by atoms with Gasteiger partial charge in [0.2, 0.25) is 0 Å². The molecular formula is C16H12BrClO2. The predicted molar refractivity (Wildman–Crippen MR) is 84.2 cm³/mol. The smallest absolute Gasteiger partial charge is 0.138 e. The van der Waals surface area contributed by atoms with E-state index in [1.165, 1.54) is 0 Å². The van der Waals surface area contributed by atoms with Gasteiger partial charge in [0, 0.05) is 14.9 Å². The van der Waals surface area contributed by atoms with Crippen molar-refractivity contribution in [1.29, 1.82) is 0 Å². The van der Waals surface area contributed by atoms with E-state index >= 15 is 0 Å². The van der Waals surface area contributed by atoms with Gasteiger partial charge in [-0.25, -0.2) is 0 Å². The molecule has 0 aliphatic rings. The molecule has 0 spiro atoms. The molecule has 20 heavy (non-hydrogen) atoms. The maximum Gasteiger partial charge on any atom is 0.138 e. The summed E-state index contributed by atoms with van der Waals surface area (Å²) < 4.78 is 6.69. The standard InChI is InChI=1S/C16H12BrClO2/c1-9-6-11(17)2-4-13(9)16(19)15-8-10-7-12(18)3-5-14(10)20-15/h2-8,16,19H,1H3. The molecule has 0 saturated heterocycles. The van der Waals surface area contributed by atoms with Gasteiger partial charge in [0.25, 0.3) is 0 Å². The second kappa shape index (κ2) is 5.24. The average Bonchev–Trinajstić information content (AvgIpc) is 2.81. The van der Waals surface area contributed by atoms with Crippen molar-refractivity contribution in [2.24, 2.45) is 0 Å². The van der Waals surface area contributed by atoms with E-state index in [1.54, 1.807) is 6.07 Å². The van der Waals surface area contributed by atoms with Gasteiger partial charge in [-0.3, -0.25) is 0 Å². The highest BCUT2D eigenvalue weighted by Crippen LogP contribution is 2.31. The molecule has 102 valence electrons. The Hall–Kier alpha value is -1.29. The highest BCUT2D eigenvalue weighted by Gasteiger charge is 2.17. The summed E-state index contributed by atoms with van der Waals surface area (Å²) in [6, 6.07) is 13.0. The topological polar surface area (TPSA) is 33.4 Å². The third-order valence-electron chi connectivity index (χ3n) is 3.29. The highest BCUT2D eigenvalue weighted by molar-refractivity contribution is 9.10. The Morgan fingerprint density at radius 3 is 2.70 bits per heavy atom. The van der Waals surface area contributed by atoms with Gasteiger partial charge in [0.1, 0.15) is 17.4 Å². The molecule has 3 rings (SSSR count). The Kier molecular flexibility index (Phi) is 3.59. The minimum Gasteiger partial charge on any atom is -0.458 e. The third kappa shape index (κ3) is 2.49. The molecule has 2 nitrogen and oxygen atoms in total. The molecule has 3 aromatic rings. The fraction of sp³-hybridized carbons (Fsp3) is 0.125. The molecular weight excluding hydrogens is 340 g/mol. The summed E-state index contributed by atoms with van der Waals surface area (Å²) in [6.07, 6.45) is -0.783. The lowest BCUT2D eigenvalue weighted by atomic mass is 10.0. The Morgan fingerprint density at radius 1 is 1.15 bits per heavy atom. The molecule has 0 aliphatic carbocycles. The zero-order valence-electron chi connectivity index (χ0n) is 10.7. The molecule has 1 unspecified atom stereocenters. The van der Waals surface area contributed by atoms with Crippen molar-refractivity contribution in [3.8, 4) is 0 Å². The number of fused-ring (bicyclic) bond motifs is 1. The van der Waals surface area contributed by atoms with Crippen LogP contribution in [0.25, 0.3) is 11.0 Å². The molecule has 0 radical (unpaired) electrons. The Balaban J connectivity index is 2.05. The van der Waals surface area contributed by atoms with E-state index in [0.717, 1.165) is 26.6 Å². The number of hydrogen-bond acceptors (Lipinski definition) is 2. The number of aliphatic hydroxyl groups is 1. The van der Waals surface area contributed by atoms with Gasteiger partial charge in [0.15, 0.2) is 0 Å². The fourth-order valence-electron chi connectivity index (χ4n) is 2.27. The van der Waals surface area contributed by atoms with E-state index in [-0.39, 0.29) is 0 Å². The van der Waals surface area contributed by atoms with Crippen LogP contribution < -0.4 is 0 Å². The second-order valence-corrected chi connectivity index (χ2v) is 6.09. The monoisotopic (exact) mass is 350 g/mol. The Morgan fingerprint density at radius 2 is 1.95 bits per heavy atom. The summed E-state index contributed by atoms with van der Waals surface area (Å²) >= 11 is 9.38. The normalized spacial score (nSPS) is 12.8. The molecule has 1 heterocycles. The van der Waals surface area contributed by atoms with Gasteiger partial charge in [-0.1, -0.05) is 33.6 Å². The lowest BCUT2D eigenvalue weighted by Gasteiger charge is -2.11. The minimum atomic E-state index is -0.783. The van der Waals surface area contributed by atoms with Crippen LogP contribution in [0.2, 0.25) is 5.02 Å². The van der Waals surface area contributed by atoms with Crippen LogP contribution in [-0.2, 0) is 0 Å². The van der Waals surface area contributed by atoms with Crippen LogP contribution in [0.15, 0.2) is 51.4 Å². The fourth-order valence-corrected chi connectivity index (χ4v) is 2.92. The van der Waals surface area contributed by atoms with Gasteiger partial charge >= 0.3 is 0 Å². The van der Waals surface area contributed by atoms with Crippen LogP contribution in [0.4, 0.5) is 0 Å². The quantitative estimate of drug-likeness (QED) is 0.685. The van der Waals surface area contributed by atoms with Crippen molar-refractivity contribution in [1.82, 2.24) is 0 Å². The molecule has 0 aliphatic heterocycles. The largest absolute Gasteiger partial charge is 0.458 e. The van der Waals surface area contributed by atoms with Crippen LogP contribution in [-0.4, -0.2) is 5.11 Å². The Labute approximate surface area is 130 Å². The van der Waals surface area contributed by atoms with E-state index in [0.29, 0.717) is 10.8 Å². The van der Waals surface area contributed by atoms with Gasteiger partial charge in [-0.15, -0.1) is 0 Å². The maximum atomic E-state index is 10.5. The molecule has 0 fully saturated rings. The van der Waals surface area contributed by atoms with Crippen molar-refractivity contribution in [3.63, 3.8) is 0 Å². The SMILES string of the molecule is Cc1cc(Br)ccc1C(O)c1cc2cc(Cl)ccc2o1. The maximum absolute atomic E-state index is 10.5. The Bertz CT molecular complexity index is 779. The number of furan rings is 1. The second-order valence-electron chi connectivity index (χ2n) is 4.73. The molecule has 2 aromatic carbocycles. The van der Waals surface area contributed by atoms with Gasteiger partial charge in [0.05, 0.1) is 0 Å². The number of aryl methyl sites for hydroxylation is 1. The van der Waals surface area contributed by atoms with Gasteiger partial charge in [-0.2, -0.15) is 0 Å². The zero-order chi connectivity index (χ0) is 14.3. The third-order valence-corrected chi connectivity index (χ3v) is 4.02. The molecule has 0 amide bonds.